The van der Waals surface area contributed by atoms with Crippen molar-refractivity contribution in [1.29, 1.82) is 0 Å². The van der Waals surface area contributed by atoms with Crippen LogP contribution in [0.4, 0.5) is 4.79 Å². The summed E-state index contributed by atoms with van der Waals surface area (Å²) in [5.41, 5.74) is 0.280. The highest BCUT2D eigenvalue weighted by Gasteiger charge is 2.38. The van der Waals surface area contributed by atoms with E-state index in [4.69, 9.17) is 5.11 Å². The van der Waals surface area contributed by atoms with Gasteiger partial charge in [0.25, 0.3) is 0 Å². The minimum absolute atomic E-state index is 0.102. The normalized spacial score (nSPS) is 25.1. The lowest BCUT2D eigenvalue weighted by atomic mass is 9.75. The molecule has 2 rings (SSSR count). The molecule has 2 saturated heterocycles. The van der Waals surface area contributed by atoms with Crippen LogP contribution >= 0.6 is 11.8 Å². The van der Waals surface area contributed by atoms with Crippen molar-refractivity contribution in [2.45, 2.75) is 39.7 Å². The molecule has 0 spiro atoms. The summed E-state index contributed by atoms with van der Waals surface area (Å²) < 4.78 is 0. The first kappa shape index (κ1) is 15.5. The van der Waals surface area contributed by atoms with E-state index in [1.54, 1.807) is 0 Å². The van der Waals surface area contributed by atoms with E-state index in [1.165, 1.54) is 16.7 Å². The van der Waals surface area contributed by atoms with Crippen LogP contribution in [0.25, 0.3) is 0 Å². The summed E-state index contributed by atoms with van der Waals surface area (Å²) in [5, 5.41) is 9.15. The Kier molecular flexibility index (Phi) is 4.52. The number of amides is 2. The van der Waals surface area contributed by atoms with Crippen LogP contribution in [-0.2, 0) is 4.79 Å². The average Bonchev–Trinajstić information content (AvgIpc) is 2.86. The van der Waals surface area contributed by atoms with Crippen molar-refractivity contribution in [3.63, 3.8) is 0 Å². The predicted octanol–water partition coefficient (Wildman–Crippen LogP) is 2.32. The van der Waals surface area contributed by atoms with Crippen LogP contribution in [-0.4, -0.2) is 57.7 Å². The van der Waals surface area contributed by atoms with Crippen molar-refractivity contribution in [1.82, 2.24) is 9.80 Å². The number of hydrogen-bond donors (Lipinski definition) is 1. The second-order valence-corrected chi connectivity index (χ2v) is 7.73. The number of carbonyl (C=O) groups is 2. The van der Waals surface area contributed by atoms with Crippen molar-refractivity contribution < 1.29 is 14.7 Å². The molecule has 114 valence electrons. The fraction of sp³-hybridized carbons (Fsp3) is 0.857. The van der Waals surface area contributed by atoms with Crippen LogP contribution < -0.4 is 0 Å². The summed E-state index contributed by atoms with van der Waals surface area (Å²) in [5.74, 6) is 0.733. The Morgan fingerprint density at radius 2 is 1.80 bits per heavy atom. The third kappa shape index (κ3) is 3.22. The average molecular weight is 300 g/mol. The lowest BCUT2D eigenvalue weighted by molar-refractivity contribution is -0.141. The summed E-state index contributed by atoms with van der Waals surface area (Å²) in [4.78, 5) is 26.9. The van der Waals surface area contributed by atoms with Crippen LogP contribution in [0.2, 0.25) is 0 Å². The first-order chi connectivity index (χ1) is 9.30. The summed E-state index contributed by atoms with van der Waals surface area (Å²) >= 11 is 1.51. The summed E-state index contributed by atoms with van der Waals surface area (Å²) in [6.07, 6.45) is 2.02. The first-order valence-corrected chi connectivity index (χ1v) is 8.32. The van der Waals surface area contributed by atoms with Crippen LogP contribution in [0.1, 0.15) is 33.6 Å². The molecule has 2 heterocycles. The Hall–Kier alpha value is -0.910. The van der Waals surface area contributed by atoms with Gasteiger partial charge in [-0.3, -0.25) is 0 Å². The van der Waals surface area contributed by atoms with Gasteiger partial charge in [0.1, 0.15) is 6.04 Å². The number of rotatable bonds is 1. The maximum atomic E-state index is 12.4. The maximum absolute atomic E-state index is 12.4. The number of carbonyl (C=O) groups excluding carboxylic acids is 1. The number of urea groups is 1. The molecule has 0 unspecified atom stereocenters. The summed E-state index contributed by atoms with van der Waals surface area (Å²) in [6.45, 7) is 8.22. The Labute approximate surface area is 124 Å². The second kappa shape index (κ2) is 5.84. The van der Waals surface area contributed by atoms with Gasteiger partial charge in [0.05, 0.1) is 5.88 Å². The molecule has 1 atom stereocenters. The van der Waals surface area contributed by atoms with Crippen molar-refractivity contribution in [3.05, 3.63) is 0 Å². The molecule has 5 nitrogen and oxygen atoms in total. The lowest BCUT2D eigenvalue weighted by Crippen LogP contribution is -2.51. The van der Waals surface area contributed by atoms with Crippen molar-refractivity contribution in [2.24, 2.45) is 11.3 Å². The Morgan fingerprint density at radius 3 is 2.30 bits per heavy atom. The SMILES string of the molecule is CC(C)(C)C1CCN(C(=O)N2CSC[C@H]2C(=O)O)CC1. The van der Waals surface area contributed by atoms with Crippen molar-refractivity contribution in [3.8, 4) is 0 Å². The van der Waals surface area contributed by atoms with Gasteiger partial charge in [0, 0.05) is 18.8 Å². The standard InChI is InChI=1S/C14H24N2O3S/c1-14(2,3)10-4-6-15(7-5-10)13(19)16-9-20-8-11(16)12(17)18/h10-11H,4-9H2,1-3H3,(H,17,18)/t11-/m0/s1. The lowest BCUT2D eigenvalue weighted by Gasteiger charge is -2.40. The zero-order chi connectivity index (χ0) is 14.9. The van der Waals surface area contributed by atoms with Crippen LogP contribution in [0.3, 0.4) is 0 Å². The number of thioether (sulfide) groups is 1. The molecule has 20 heavy (non-hydrogen) atoms. The highest BCUT2D eigenvalue weighted by atomic mass is 32.2. The molecule has 0 saturated carbocycles. The highest BCUT2D eigenvalue weighted by Crippen LogP contribution is 2.35. The summed E-state index contributed by atoms with van der Waals surface area (Å²) in [6, 6.07) is -0.761. The van der Waals surface area contributed by atoms with Gasteiger partial charge in [0.2, 0.25) is 0 Å². The van der Waals surface area contributed by atoms with Gasteiger partial charge in [-0.05, 0) is 24.2 Å². The Morgan fingerprint density at radius 1 is 1.20 bits per heavy atom. The van der Waals surface area contributed by atoms with Crippen LogP contribution in [0.5, 0.6) is 0 Å². The van der Waals surface area contributed by atoms with Gasteiger partial charge >= 0.3 is 12.0 Å². The van der Waals surface area contributed by atoms with E-state index in [0.717, 1.165) is 25.9 Å². The van der Waals surface area contributed by atoms with Gasteiger partial charge in [0.15, 0.2) is 0 Å². The van der Waals surface area contributed by atoms with Gasteiger partial charge in [-0.25, -0.2) is 9.59 Å². The third-order valence-corrected chi connectivity index (χ3v) is 5.42. The third-order valence-electron chi connectivity index (χ3n) is 4.40. The molecule has 0 radical (unpaired) electrons. The van der Waals surface area contributed by atoms with E-state index in [9.17, 15) is 9.59 Å². The molecular weight excluding hydrogens is 276 g/mol. The fourth-order valence-corrected chi connectivity index (χ4v) is 4.09. The first-order valence-electron chi connectivity index (χ1n) is 7.17. The largest absolute Gasteiger partial charge is 0.480 e. The molecule has 0 aromatic heterocycles. The number of carboxylic acids is 1. The van der Waals surface area contributed by atoms with E-state index >= 15 is 0 Å². The fourth-order valence-electron chi connectivity index (χ4n) is 2.95. The monoisotopic (exact) mass is 300 g/mol. The van der Waals surface area contributed by atoms with E-state index < -0.39 is 12.0 Å². The van der Waals surface area contributed by atoms with E-state index in [1.807, 2.05) is 4.90 Å². The number of piperidine rings is 1. The number of likely N-dealkylation sites (tertiary alicyclic amines) is 1. The van der Waals surface area contributed by atoms with Crippen molar-refractivity contribution >= 4 is 23.8 Å². The topological polar surface area (TPSA) is 60.9 Å². The molecule has 2 fully saturated rings. The molecular formula is C14H24N2O3S. The minimum atomic E-state index is -0.895. The molecule has 0 aromatic carbocycles. The molecule has 0 aliphatic carbocycles. The molecule has 6 heteroatoms. The molecule has 2 amide bonds. The quantitative estimate of drug-likeness (QED) is 0.807. The van der Waals surface area contributed by atoms with E-state index in [-0.39, 0.29) is 11.4 Å². The van der Waals surface area contributed by atoms with E-state index in [2.05, 4.69) is 20.8 Å². The molecule has 0 bridgehead atoms. The molecule has 2 aliphatic heterocycles. The molecule has 1 N–H and O–H groups in total. The minimum Gasteiger partial charge on any atom is -0.480 e. The van der Waals surface area contributed by atoms with Gasteiger partial charge < -0.3 is 14.9 Å². The van der Waals surface area contributed by atoms with Crippen molar-refractivity contribution in [2.75, 3.05) is 24.7 Å². The van der Waals surface area contributed by atoms with Crippen LogP contribution in [0.15, 0.2) is 0 Å². The summed E-state index contributed by atoms with van der Waals surface area (Å²) in [7, 11) is 0. The van der Waals surface area contributed by atoms with Gasteiger partial charge in [-0.2, -0.15) is 0 Å². The molecule has 2 aliphatic rings. The Bertz CT molecular complexity index is 386. The number of hydrogen-bond acceptors (Lipinski definition) is 3. The molecule has 0 aromatic rings. The smallest absolute Gasteiger partial charge is 0.327 e. The zero-order valence-corrected chi connectivity index (χ0v) is 13.3. The number of carboxylic acid groups (broad SMARTS) is 1. The van der Waals surface area contributed by atoms with Gasteiger partial charge in [-0.15, -0.1) is 11.8 Å². The van der Waals surface area contributed by atoms with Crippen LogP contribution in [0, 0.1) is 11.3 Å². The highest BCUT2D eigenvalue weighted by molar-refractivity contribution is 7.99. The van der Waals surface area contributed by atoms with E-state index in [0.29, 0.717) is 17.5 Å². The zero-order valence-electron chi connectivity index (χ0n) is 12.5. The number of nitrogens with zero attached hydrogens (tertiary/aromatic N) is 2. The maximum Gasteiger partial charge on any atom is 0.327 e. The second-order valence-electron chi connectivity index (χ2n) is 6.73. The number of aliphatic carboxylic acids is 1. The van der Waals surface area contributed by atoms with Gasteiger partial charge in [-0.1, -0.05) is 20.8 Å². The predicted molar refractivity (Wildman–Crippen MR) is 79.7 cm³/mol. The Balaban J connectivity index is 1.93.